The summed E-state index contributed by atoms with van der Waals surface area (Å²) in [5.41, 5.74) is 3.47. The molecule has 3 rings (SSSR count). The minimum absolute atomic E-state index is 0.316. The Balaban J connectivity index is 1.54. The van der Waals surface area contributed by atoms with Gasteiger partial charge in [-0.1, -0.05) is 46.1 Å². The van der Waals surface area contributed by atoms with E-state index < -0.39 is 17.7 Å². The monoisotopic (exact) mass is 620 g/mol. The van der Waals surface area contributed by atoms with Crippen LogP contribution in [0.4, 0.5) is 11.4 Å². The Kier molecular flexibility index (Phi) is 11.0. The van der Waals surface area contributed by atoms with Crippen molar-refractivity contribution in [2.75, 3.05) is 23.8 Å². The number of benzene rings is 3. The highest BCUT2D eigenvalue weighted by Crippen LogP contribution is 2.24. The Bertz CT molecular complexity index is 1320. The van der Waals surface area contributed by atoms with Crippen LogP contribution in [-0.2, 0) is 14.4 Å². The van der Waals surface area contributed by atoms with Gasteiger partial charge in [0.15, 0.2) is 6.61 Å². The van der Waals surface area contributed by atoms with Crippen LogP contribution in [0.2, 0.25) is 10.0 Å². The molecule has 3 amide bonds. The van der Waals surface area contributed by atoms with Crippen molar-refractivity contribution in [1.82, 2.24) is 5.43 Å². The van der Waals surface area contributed by atoms with Gasteiger partial charge >= 0.3 is 11.8 Å². The Labute approximate surface area is 237 Å². The molecule has 0 spiro atoms. The van der Waals surface area contributed by atoms with Crippen LogP contribution in [-0.4, -0.2) is 37.1 Å². The Hall–Kier alpha value is -3.60. The van der Waals surface area contributed by atoms with E-state index in [1.54, 1.807) is 60.7 Å². The van der Waals surface area contributed by atoms with Crippen LogP contribution in [0.25, 0.3) is 0 Å². The van der Waals surface area contributed by atoms with Gasteiger partial charge in [0.25, 0.3) is 5.91 Å². The maximum absolute atomic E-state index is 12.3. The van der Waals surface area contributed by atoms with Gasteiger partial charge in [0.2, 0.25) is 0 Å². The second kappa shape index (κ2) is 14.4. The fraction of sp³-hybridized carbons (Fsp3) is 0.154. The van der Waals surface area contributed by atoms with Crippen LogP contribution in [0.1, 0.15) is 18.9 Å². The van der Waals surface area contributed by atoms with E-state index in [9.17, 15) is 14.4 Å². The number of nitrogens with zero attached hydrogens (tertiary/aromatic N) is 1. The molecule has 3 N–H and O–H groups in total. The van der Waals surface area contributed by atoms with E-state index in [-0.39, 0.29) is 6.61 Å². The van der Waals surface area contributed by atoms with Crippen molar-refractivity contribution in [3.05, 3.63) is 80.7 Å². The number of amides is 3. The third kappa shape index (κ3) is 9.37. The molecule has 0 bridgehead atoms. The van der Waals surface area contributed by atoms with Gasteiger partial charge in [-0.2, -0.15) is 5.10 Å². The normalized spacial score (nSPS) is 10.6. The van der Waals surface area contributed by atoms with Crippen molar-refractivity contribution in [1.29, 1.82) is 0 Å². The van der Waals surface area contributed by atoms with Crippen molar-refractivity contribution < 1.29 is 23.9 Å². The molecule has 3 aromatic carbocycles. The Morgan fingerprint density at radius 3 is 2.29 bits per heavy atom. The first kappa shape index (κ1) is 29.0. The molecule has 0 fully saturated rings. The summed E-state index contributed by atoms with van der Waals surface area (Å²) in [6.45, 7) is 2.27. The van der Waals surface area contributed by atoms with E-state index in [4.69, 9.17) is 32.7 Å². The van der Waals surface area contributed by atoms with Gasteiger partial charge in [0.1, 0.15) is 11.5 Å². The highest BCUT2D eigenvalue weighted by atomic mass is 79.9. The number of hydrogen-bond donors (Lipinski definition) is 3. The minimum atomic E-state index is -0.968. The Morgan fingerprint density at radius 2 is 1.61 bits per heavy atom. The number of anilines is 2. The van der Waals surface area contributed by atoms with Crippen molar-refractivity contribution in [3.63, 3.8) is 0 Å². The summed E-state index contributed by atoms with van der Waals surface area (Å²) in [5.74, 6) is -1.32. The summed E-state index contributed by atoms with van der Waals surface area (Å²) in [6.07, 6.45) is 2.17. The molecule has 0 aliphatic carbocycles. The van der Waals surface area contributed by atoms with Crippen molar-refractivity contribution in [3.8, 4) is 11.5 Å². The first-order valence-corrected chi connectivity index (χ1v) is 12.8. The molecule has 0 radical (unpaired) electrons. The molecule has 0 saturated heterocycles. The van der Waals surface area contributed by atoms with E-state index in [1.165, 1.54) is 6.21 Å². The summed E-state index contributed by atoms with van der Waals surface area (Å²) in [4.78, 5) is 36.6. The SMILES string of the molecule is CCCOc1ccc(NC(=O)C(=O)N/N=C\c2cc(Br)ccc2OCC(=O)Nc2cc(Cl)cc(Cl)c2)cc1. The van der Waals surface area contributed by atoms with Gasteiger partial charge in [-0.15, -0.1) is 0 Å². The molecule has 0 aliphatic heterocycles. The quantitative estimate of drug-likeness (QED) is 0.154. The number of hydrogen-bond acceptors (Lipinski definition) is 6. The summed E-state index contributed by atoms with van der Waals surface area (Å²) < 4.78 is 11.8. The van der Waals surface area contributed by atoms with Crippen molar-refractivity contribution in [2.24, 2.45) is 5.10 Å². The number of ether oxygens (including phenoxy) is 2. The van der Waals surface area contributed by atoms with E-state index in [1.807, 2.05) is 6.92 Å². The second-order valence-corrected chi connectivity index (χ2v) is 9.49. The van der Waals surface area contributed by atoms with Gasteiger partial charge in [0.05, 0.1) is 12.8 Å². The molecule has 0 atom stereocenters. The van der Waals surface area contributed by atoms with Gasteiger partial charge in [-0.05, 0) is 67.1 Å². The number of carbonyl (C=O) groups excluding carboxylic acids is 3. The third-order valence-electron chi connectivity index (χ3n) is 4.64. The zero-order chi connectivity index (χ0) is 27.5. The smallest absolute Gasteiger partial charge is 0.329 e. The summed E-state index contributed by atoms with van der Waals surface area (Å²) in [5, 5.41) is 9.72. The molecule has 198 valence electrons. The van der Waals surface area contributed by atoms with Crippen LogP contribution in [0, 0.1) is 0 Å². The summed E-state index contributed by atoms with van der Waals surface area (Å²) in [7, 11) is 0. The number of carbonyl (C=O) groups is 3. The van der Waals surface area contributed by atoms with Gasteiger partial charge in [-0.25, -0.2) is 5.43 Å². The Morgan fingerprint density at radius 1 is 0.895 bits per heavy atom. The lowest BCUT2D eigenvalue weighted by atomic mass is 10.2. The fourth-order valence-corrected chi connectivity index (χ4v) is 3.88. The topological polar surface area (TPSA) is 118 Å². The molecule has 0 unspecified atom stereocenters. The zero-order valence-electron chi connectivity index (χ0n) is 20.1. The molecule has 12 heteroatoms. The predicted molar refractivity (Wildman–Crippen MR) is 151 cm³/mol. The van der Waals surface area contributed by atoms with Gasteiger partial charge in [-0.3, -0.25) is 14.4 Å². The number of nitrogens with one attached hydrogen (secondary N) is 3. The molecule has 0 saturated carbocycles. The number of halogens is 3. The van der Waals surface area contributed by atoms with E-state index in [0.29, 0.717) is 49.6 Å². The van der Waals surface area contributed by atoms with Crippen molar-refractivity contribution >= 4 is 74.4 Å². The van der Waals surface area contributed by atoms with Crippen LogP contribution < -0.4 is 25.5 Å². The first-order chi connectivity index (χ1) is 18.2. The molecule has 0 aliphatic rings. The largest absolute Gasteiger partial charge is 0.494 e. The standard InChI is InChI=1S/C26H23BrCl2N4O5/c1-2-9-37-22-6-4-20(5-7-22)32-25(35)26(36)33-30-14-16-10-17(27)3-8-23(16)38-15-24(34)31-21-12-18(28)11-19(29)13-21/h3-8,10-14H,2,9,15H2,1H3,(H,31,34)(H,32,35)(H,33,36)/b30-14-. The van der Waals surface area contributed by atoms with E-state index >= 15 is 0 Å². The lowest BCUT2D eigenvalue weighted by molar-refractivity contribution is -0.136. The molecule has 0 aromatic heterocycles. The first-order valence-electron chi connectivity index (χ1n) is 11.3. The molecule has 3 aromatic rings. The molecule has 9 nitrogen and oxygen atoms in total. The highest BCUT2D eigenvalue weighted by Gasteiger charge is 2.13. The highest BCUT2D eigenvalue weighted by molar-refractivity contribution is 9.10. The van der Waals surface area contributed by atoms with Crippen LogP contribution >= 0.6 is 39.1 Å². The molecular formula is C26H23BrCl2N4O5. The molecule has 38 heavy (non-hydrogen) atoms. The lowest BCUT2D eigenvalue weighted by Crippen LogP contribution is -2.32. The molecular weight excluding hydrogens is 599 g/mol. The number of rotatable bonds is 10. The average Bonchev–Trinajstić information content (AvgIpc) is 2.87. The summed E-state index contributed by atoms with van der Waals surface area (Å²) in [6, 6.07) is 16.3. The van der Waals surface area contributed by atoms with E-state index in [2.05, 4.69) is 37.1 Å². The van der Waals surface area contributed by atoms with Crippen molar-refractivity contribution in [2.45, 2.75) is 13.3 Å². The average molecular weight is 622 g/mol. The van der Waals surface area contributed by atoms with Gasteiger partial charge < -0.3 is 20.1 Å². The fourth-order valence-electron chi connectivity index (χ4n) is 2.97. The second-order valence-electron chi connectivity index (χ2n) is 7.70. The molecule has 0 heterocycles. The number of hydrazone groups is 1. The van der Waals surface area contributed by atoms with Crippen LogP contribution in [0.15, 0.2) is 70.2 Å². The lowest BCUT2D eigenvalue weighted by Gasteiger charge is -2.10. The summed E-state index contributed by atoms with van der Waals surface area (Å²) >= 11 is 15.2. The maximum atomic E-state index is 12.3. The third-order valence-corrected chi connectivity index (χ3v) is 5.57. The maximum Gasteiger partial charge on any atom is 0.329 e. The van der Waals surface area contributed by atoms with Gasteiger partial charge in [0, 0.05) is 31.5 Å². The predicted octanol–water partition coefficient (Wildman–Crippen LogP) is 5.65. The van der Waals surface area contributed by atoms with Crippen LogP contribution in [0.3, 0.4) is 0 Å². The van der Waals surface area contributed by atoms with E-state index in [0.717, 1.165) is 6.42 Å². The zero-order valence-corrected chi connectivity index (χ0v) is 23.2. The van der Waals surface area contributed by atoms with Crippen LogP contribution in [0.5, 0.6) is 11.5 Å². The minimum Gasteiger partial charge on any atom is -0.494 e.